The van der Waals surface area contributed by atoms with E-state index in [9.17, 15) is 14.4 Å². The molecule has 3 rings (SSSR count). The van der Waals surface area contributed by atoms with Crippen molar-refractivity contribution in [1.82, 2.24) is 14.7 Å². The molecule has 0 radical (unpaired) electrons. The molecule has 116 valence electrons. The Morgan fingerprint density at radius 3 is 2.57 bits per heavy atom. The third-order valence-corrected chi connectivity index (χ3v) is 4.99. The first kappa shape index (κ1) is 14.6. The van der Waals surface area contributed by atoms with E-state index in [4.69, 9.17) is 4.74 Å². The van der Waals surface area contributed by atoms with E-state index in [1.807, 2.05) is 13.8 Å². The van der Waals surface area contributed by atoms with E-state index in [0.29, 0.717) is 24.7 Å². The number of ether oxygens (including phenoxy) is 1. The fourth-order valence-corrected chi connectivity index (χ4v) is 4.17. The number of imide groups is 1. The number of hydrogen-bond donors (Lipinski definition) is 0. The number of hydrogen-bond acceptors (Lipinski definition) is 5. The van der Waals surface area contributed by atoms with Crippen LogP contribution in [0.4, 0.5) is 4.79 Å². The molecule has 0 aromatic carbocycles. The van der Waals surface area contributed by atoms with Gasteiger partial charge >= 0.3 is 6.03 Å². The molecule has 0 spiro atoms. The van der Waals surface area contributed by atoms with Gasteiger partial charge < -0.3 is 14.5 Å². The maximum atomic E-state index is 12.4. The molecule has 3 saturated heterocycles. The van der Waals surface area contributed by atoms with Gasteiger partial charge in [0.25, 0.3) is 5.91 Å². The largest absolute Gasteiger partial charge is 0.372 e. The lowest BCUT2D eigenvalue weighted by atomic mass is 10.2. The maximum absolute atomic E-state index is 12.4. The second-order valence-electron chi connectivity index (χ2n) is 5.75. The first-order valence-corrected chi connectivity index (χ1v) is 8.26. The third-order valence-electron chi connectivity index (χ3n) is 3.98. The molecule has 0 N–H and O–H groups in total. The highest BCUT2D eigenvalue weighted by molar-refractivity contribution is 7.99. The van der Waals surface area contributed by atoms with Crippen LogP contribution in [0.25, 0.3) is 0 Å². The quantitative estimate of drug-likeness (QED) is 0.669. The summed E-state index contributed by atoms with van der Waals surface area (Å²) in [5.41, 5.74) is 0. The highest BCUT2D eigenvalue weighted by atomic mass is 32.2. The molecule has 4 amide bonds. The van der Waals surface area contributed by atoms with E-state index in [0.717, 1.165) is 4.90 Å². The summed E-state index contributed by atoms with van der Waals surface area (Å²) < 4.78 is 5.59. The molecule has 3 aliphatic rings. The summed E-state index contributed by atoms with van der Waals surface area (Å²) in [6.45, 7) is 4.67. The Morgan fingerprint density at radius 1 is 1.29 bits per heavy atom. The fraction of sp³-hybridized carbons (Fsp3) is 0.769. The molecule has 3 aliphatic heterocycles. The number of thioether (sulfide) groups is 1. The second-order valence-corrected chi connectivity index (χ2v) is 6.75. The molecule has 0 saturated carbocycles. The highest BCUT2D eigenvalue weighted by Gasteiger charge is 2.48. The van der Waals surface area contributed by atoms with Crippen LogP contribution in [0.3, 0.4) is 0 Å². The van der Waals surface area contributed by atoms with E-state index in [1.165, 1.54) is 0 Å². The predicted molar refractivity (Wildman–Crippen MR) is 76.7 cm³/mol. The SMILES string of the molecule is C[C@@H]1CN(C(=O)CN2C(=O)[C@H]3CSCN3C2=O)C[C@H](C)O1. The van der Waals surface area contributed by atoms with Crippen molar-refractivity contribution in [1.29, 1.82) is 0 Å². The zero-order chi connectivity index (χ0) is 15.1. The Balaban J connectivity index is 1.65. The first-order chi connectivity index (χ1) is 9.97. The Kier molecular flexibility index (Phi) is 3.83. The molecule has 0 aromatic rings. The molecule has 7 nitrogen and oxygen atoms in total. The van der Waals surface area contributed by atoms with E-state index < -0.39 is 0 Å². The molecule has 3 fully saturated rings. The summed E-state index contributed by atoms with van der Waals surface area (Å²) in [5.74, 6) is 0.729. The number of carbonyl (C=O) groups is 3. The van der Waals surface area contributed by atoms with Crippen molar-refractivity contribution in [2.45, 2.75) is 32.1 Å². The lowest BCUT2D eigenvalue weighted by Crippen LogP contribution is -2.52. The lowest BCUT2D eigenvalue weighted by molar-refractivity contribution is -0.146. The molecule has 0 aromatic heterocycles. The second kappa shape index (κ2) is 5.49. The van der Waals surface area contributed by atoms with Crippen LogP contribution in [0.2, 0.25) is 0 Å². The topological polar surface area (TPSA) is 70.2 Å². The Hall–Kier alpha value is -1.28. The van der Waals surface area contributed by atoms with Crippen molar-refractivity contribution in [2.75, 3.05) is 31.3 Å². The summed E-state index contributed by atoms with van der Waals surface area (Å²) in [7, 11) is 0. The van der Waals surface area contributed by atoms with Gasteiger partial charge in [0, 0.05) is 18.8 Å². The average molecular weight is 313 g/mol. The molecule has 21 heavy (non-hydrogen) atoms. The molecule has 3 heterocycles. The van der Waals surface area contributed by atoms with Crippen molar-refractivity contribution in [2.24, 2.45) is 0 Å². The molecular formula is C13H19N3O4S. The van der Waals surface area contributed by atoms with Gasteiger partial charge in [0.05, 0.1) is 18.1 Å². The summed E-state index contributed by atoms with van der Waals surface area (Å²) in [6, 6.07) is -0.712. The summed E-state index contributed by atoms with van der Waals surface area (Å²) in [6.07, 6.45) is -0.0515. The molecule has 8 heteroatoms. The maximum Gasteiger partial charge on any atom is 0.328 e. The Labute approximate surface area is 127 Å². The van der Waals surface area contributed by atoms with Crippen molar-refractivity contribution >= 4 is 29.6 Å². The number of morpholine rings is 1. The minimum Gasteiger partial charge on any atom is -0.372 e. The minimum absolute atomic E-state index is 0.0257. The first-order valence-electron chi connectivity index (χ1n) is 7.10. The van der Waals surface area contributed by atoms with Gasteiger partial charge in [-0.1, -0.05) is 0 Å². The van der Waals surface area contributed by atoms with Gasteiger partial charge in [0.15, 0.2) is 0 Å². The van der Waals surface area contributed by atoms with Crippen LogP contribution in [0.1, 0.15) is 13.8 Å². The summed E-state index contributed by atoms with van der Waals surface area (Å²) >= 11 is 1.57. The summed E-state index contributed by atoms with van der Waals surface area (Å²) in [5, 5.41) is 0. The smallest absolute Gasteiger partial charge is 0.328 e. The van der Waals surface area contributed by atoms with Gasteiger partial charge in [-0.15, -0.1) is 11.8 Å². The number of nitrogens with zero attached hydrogens (tertiary/aromatic N) is 3. The van der Waals surface area contributed by atoms with Gasteiger partial charge in [0.2, 0.25) is 5.91 Å². The standard InChI is InChI=1S/C13H19N3O4S/c1-8-3-14(4-9(2)20-8)11(17)5-15-12(18)10-6-21-7-16(10)13(15)19/h8-10H,3-7H2,1-2H3/t8-,9+,10-/m1/s1. The van der Waals surface area contributed by atoms with Crippen molar-refractivity contribution in [3.63, 3.8) is 0 Å². The predicted octanol–water partition coefficient (Wildman–Crippen LogP) is -0.0407. The van der Waals surface area contributed by atoms with Crippen molar-refractivity contribution in [3.05, 3.63) is 0 Å². The van der Waals surface area contributed by atoms with Crippen molar-refractivity contribution in [3.8, 4) is 0 Å². The fourth-order valence-electron chi connectivity index (χ4n) is 3.03. The van der Waals surface area contributed by atoms with Crippen LogP contribution in [-0.2, 0) is 14.3 Å². The molecule has 3 atom stereocenters. The van der Waals surface area contributed by atoms with Crippen LogP contribution in [0.5, 0.6) is 0 Å². The van der Waals surface area contributed by atoms with Crippen LogP contribution in [-0.4, -0.2) is 82.1 Å². The highest BCUT2D eigenvalue weighted by Crippen LogP contribution is 2.29. The van der Waals surface area contributed by atoms with E-state index in [1.54, 1.807) is 21.6 Å². The monoisotopic (exact) mass is 313 g/mol. The number of amides is 4. The Bertz CT molecular complexity index is 454. The number of fused-ring (bicyclic) bond motifs is 1. The van der Waals surface area contributed by atoms with Gasteiger partial charge in [-0.3, -0.25) is 14.5 Å². The van der Waals surface area contributed by atoms with Gasteiger partial charge in [0.1, 0.15) is 12.6 Å². The molecular weight excluding hydrogens is 294 g/mol. The van der Waals surface area contributed by atoms with E-state index in [-0.39, 0.29) is 42.6 Å². The molecule has 0 unspecified atom stereocenters. The number of rotatable bonds is 2. The van der Waals surface area contributed by atoms with Crippen LogP contribution < -0.4 is 0 Å². The van der Waals surface area contributed by atoms with E-state index in [2.05, 4.69) is 0 Å². The zero-order valence-electron chi connectivity index (χ0n) is 12.2. The average Bonchev–Trinajstić information content (AvgIpc) is 2.97. The Morgan fingerprint density at radius 2 is 1.95 bits per heavy atom. The van der Waals surface area contributed by atoms with Crippen LogP contribution in [0, 0.1) is 0 Å². The van der Waals surface area contributed by atoms with Gasteiger partial charge in [-0.25, -0.2) is 4.79 Å². The van der Waals surface area contributed by atoms with Crippen LogP contribution in [0.15, 0.2) is 0 Å². The zero-order valence-corrected chi connectivity index (χ0v) is 13.0. The number of carbonyl (C=O) groups excluding carboxylic acids is 3. The van der Waals surface area contributed by atoms with Gasteiger partial charge in [-0.05, 0) is 13.8 Å². The van der Waals surface area contributed by atoms with Gasteiger partial charge in [-0.2, -0.15) is 0 Å². The normalized spacial score (nSPS) is 32.9. The van der Waals surface area contributed by atoms with Crippen molar-refractivity contribution < 1.29 is 19.1 Å². The minimum atomic E-state index is -0.377. The summed E-state index contributed by atoms with van der Waals surface area (Å²) in [4.78, 5) is 41.0. The lowest BCUT2D eigenvalue weighted by Gasteiger charge is -2.35. The number of urea groups is 1. The van der Waals surface area contributed by atoms with E-state index >= 15 is 0 Å². The molecule has 0 aliphatic carbocycles. The third kappa shape index (κ3) is 2.62. The molecule has 0 bridgehead atoms. The van der Waals surface area contributed by atoms with Crippen LogP contribution >= 0.6 is 11.8 Å².